The van der Waals surface area contributed by atoms with Crippen molar-refractivity contribution in [1.82, 2.24) is 0 Å². The van der Waals surface area contributed by atoms with Crippen LogP contribution in [-0.4, -0.2) is 36.1 Å². The molecule has 4 heteroatoms. The van der Waals surface area contributed by atoms with Crippen molar-refractivity contribution in [1.29, 1.82) is 0 Å². The van der Waals surface area contributed by atoms with E-state index in [2.05, 4.69) is 12.2 Å². The maximum atomic E-state index is 9.99. The Morgan fingerprint density at radius 3 is 1.50 bits per heavy atom. The first kappa shape index (κ1) is 30.8. The SMILES string of the molecule is CCCCCCCCCCCCCCCCCCCCCOCC(O)CNc1ccc(O)cc1. The van der Waals surface area contributed by atoms with Gasteiger partial charge in [0.15, 0.2) is 0 Å². The standard InChI is InChI=1S/C30H55NO3/c1-2-3-4-5-6-7-8-9-10-11-12-13-14-15-16-17-18-19-20-25-34-27-30(33)26-31-28-21-23-29(32)24-22-28/h21-24,30-33H,2-20,25-27H2,1H3. The van der Waals surface area contributed by atoms with Gasteiger partial charge < -0.3 is 20.3 Å². The van der Waals surface area contributed by atoms with E-state index in [1.807, 2.05) is 0 Å². The number of benzene rings is 1. The molecule has 0 saturated heterocycles. The van der Waals surface area contributed by atoms with Crippen LogP contribution in [0.4, 0.5) is 5.69 Å². The summed E-state index contributed by atoms with van der Waals surface area (Å²) in [6.45, 7) is 3.83. The van der Waals surface area contributed by atoms with Gasteiger partial charge in [-0.15, -0.1) is 0 Å². The third kappa shape index (κ3) is 20.1. The van der Waals surface area contributed by atoms with E-state index in [0.29, 0.717) is 13.2 Å². The second-order valence-electron chi connectivity index (χ2n) is 10.0. The summed E-state index contributed by atoms with van der Waals surface area (Å²) in [4.78, 5) is 0. The van der Waals surface area contributed by atoms with Gasteiger partial charge in [0.2, 0.25) is 0 Å². The van der Waals surface area contributed by atoms with E-state index >= 15 is 0 Å². The molecule has 0 aliphatic rings. The summed E-state index contributed by atoms with van der Waals surface area (Å²) >= 11 is 0. The quantitative estimate of drug-likeness (QED) is 0.0974. The second kappa shape index (κ2) is 23.5. The molecule has 0 fully saturated rings. The number of phenols is 1. The molecule has 0 bridgehead atoms. The van der Waals surface area contributed by atoms with E-state index in [4.69, 9.17) is 4.74 Å². The summed E-state index contributed by atoms with van der Waals surface area (Å²) in [5.41, 5.74) is 0.885. The Balaban J connectivity index is 1.72. The summed E-state index contributed by atoms with van der Waals surface area (Å²) in [7, 11) is 0. The fourth-order valence-electron chi connectivity index (χ4n) is 4.38. The van der Waals surface area contributed by atoms with Crippen molar-refractivity contribution in [3.63, 3.8) is 0 Å². The highest BCUT2D eigenvalue weighted by Crippen LogP contribution is 2.15. The van der Waals surface area contributed by atoms with Crippen molar-refractivity contribution in [3.8, 4) is 5.75 Å². The van der Waals surface area contributed by atoms with Crippen molar-refractivity contribution in [3.05, 3.63) is 24.3 Å². The molecule has 3 N–H and O–H groups in total. The molecule has 1 atom stereocenters. The monoisotopic (exact) mass is 477 g/mol. The third-order valence-electron chi connectivity index (χ3n) is 6.61. The van der Waals surface area contributed by atoms with Crippen LogP contribution in [0, 0.1) is 0 Å². The molecule has 0 spiro atoms. The first-order valence-corrected chi connectivity index (χ1v) is 14.5. The molecular formula is C30H55NO3. The van der Waals surface area contributed by atoms with Gasteiger partial charge in [-0.1, -0.05) is 122 Å². The number of aliphatic hydroxyl groups is 1. The maximum Gasteiger partial charge on any atom is 0.115 e. The van der Waals surface area contributed by atoms with Crippen molar-refractivity contribution >= 4 is 5.69 Å². The Morgan fingerprint density at radius 1 is 0.647 bits per heavy atom. The van der Waals surface area contributed by atoms with E-state index in [9.17, 15) is 10.2 Å². The first-order valence-electron chi connectivity index (χ1n) is 14.5. The highest BCUT2D eigenvalue weighted by atomic mass is 16.5. The Bertz CT molecular complexity index is 534. The van der Waals surface area contributed by atoms with Crippen LogP contribution in [0.2, 0.25) is 0 Å². The fourth-order valence-corrected chi connectivity index (χ4v) is 4.38. The van der Waals surface area contributed by atoms with Crippen molar-refractivity contribution in [2.45, 2.75) is 135 Å². The van der Waals surface area contributed by atoms with Crippen LogP contribution < -0.4 is 5.32 Å². The van der Waals surface area contributed by atoms with Crippen LogP contribution >= 0.6 is 0 Å². The lowest BCUT2D eigenvalue weighted by molar-refractivity contribution is 0.0416. The molecule has 0 aliphatic carbocycles. The molecule has 0 saturated carbocycles. The molecule has 0 radical (unpaired) electrons. The van der Waals surface area contributed by atoms with Gasteiger partial charge in [0.05, 0.1) is 12.7 Å². The number of hydrogen-bond acceptors (Lipinski definition) is 4. The number of hydrogen-bond donors (Lipinski definition) is 3. The van der Waals surface area contributed by atoms with Gasteiger partial charge in [0.25, 0.3) is 0 Å². The summed E-state index contributed by atoms with van der Waals surface area (Å²) in [5.74, 6) is 0.244. The average molecular weight is 478 g/mol. The van der Waals surface area contributed by atoms with E-state index in [1.54, 1.807) is 24.3 Å². The molecule has 0 amide bonds. The first-order chi connectivity index (χ1) is 16.7. The van der Waals surface area contributed by atoms with Crippen molar-refractivity contribution in [2.75, 3.05) is 25.1 Å². The van der Waals surface area contributed by atoms with Crippen molar-refractivity contribution in [2.24, 2.45) is 0 Å². The van der Waals surface area contributed by atoms with Crippen LogP contribution in [-0.2, 0) is 4.74 Å². The number of unbranched alkanes of at least 4 members (excludes halogenated alkanes) is 18. The third-order valence-corrected chi connectivity index (χ3v) is 6.61. The highest BCUT2D eigenvalue weighted by Gasteiger charge is 2.04. The molecule has 0 aromatic heterocycles. The van der Waals surface area contributed by atoms with Crippen LogP contribution in [0.3, 0.4) is 0 Å². The minimum Gasteiger partial charge on any atom is -0.508 e. The van der Waals surface area contributed by atoms with Crippen LogP contribution in [0.5, 0.6) is 5.75 Å². The zero-order chi connectivity index (χ0) is 24.5. The normalized spacial score (nSPS) is 12.2. The van der Waals surface area contributed by atoms with E-state index in [1.165, 1.54) is 116 Å². The van der Waals surface area contributed by atoms with Gasteiger partial charge in [-0.25, -0.2) is 0 Å². The summed E-state index contributed by atoms with van der Waals surface area (Å²) < 4.78 is 5.61. The molecule has 1 rings (SSSR count). The molecule has 1 aromatic rings. The lowest BCUT2D eigenvalue weighted by Crippen LogP contribution is -2.25. The molecule has 0 aliphatic heterocycles. The number of ether oxygens (including phenoxy) is 1. The molecule has 198 valence electrons. The van der Waals surface area contributed by atoms with Gasteiger partial charge in [-0.3, -0.25) is 0 Å². The maximum absolute atomic E-state index is 9.99. The summed E-state index contributed by atoms with van der Waals surface area (Å²) in [6.07, 6.45) is 25.8. The minimum atomic E-state index is -0.519. The van der Waals surface area contributed by atoms with Crippen LogP contribution in [0.1, 0.15) is 129 Å². The number of phenolic OH excluding ortho intramolecular Hbond substituents is 1. The van der Waals surface area contributed by atoms with Gasteiger partial charge in [-0.2, -0.15) is 0 Å². The lowest BCUT2D eigenvalue weighted by Gasteiger charge is -2.13. The van der Waals surface area contributed by atoms with Gasteiger partial charge in [-0.05, 0) is 30.7 Å². The molecule has 1 aromatic carbocycles. The van der Waals surface area contributed by atoms with E-state index < -0.39 is 6.10 Å². The van der Waals surface area contributed by atoms with Crippen molar-refractivity contribution < 1.29 is 14.9 Å². The lowest BCUT2D eigenvalue weighted by atomic mass is 10.0. The van der Waals surface area contributed by atoms with Crippen LogP contribution in [0.15, 0.2) is 24.3 Å². The number of aliphatic hydroxyl groups excluding tert-OH is 1. The zero-order valence-electron chi connectivity index (χ0n) is 22.2. The molecule has 4 nitrogen and oxygen atoms in total. The molecule has 34 heavy (non-hydrogen) atoms. The summed E-state index contributed by atoms with van der Waals surface area (Å²) in [6, 6.07) is 6.85. The van der Waals surface area contributed by atoms with Gasteiger partial charge in [0.1, 0.15) is 5.75 Å². The Kier molecular flexibility index (Phi) is 21.3. The van der Waals surface area contributed by atoms with Crippen LogP contribution in [0.25, 0.3) is 0 Å². The second-order valence-corrected chi connectivity index (χ2v) is 10.0. The zero-order valence-corrected chi connectivity index (χ0v) is 22.2. The largest absolute Gasteiger partial charge is 0.508 e. The molecule has 0 heterocycles. The Hall–Kier alpha value is -1.26. The van der Waals surface area contributed by atoms with E-state index in [-0.39, 0.29) is 5.75 Å². The smallest absolute Gasteiger partial charge is 0.115 e. The Morgan fingerprint density at radius 2 is 1.06 bits per heavy atom. The van der Waals surface area contributed by atoms with E-state index in [0.717, 1.165) is 18.7 Å². The number of nitrogens with one attached hydrogen (secondary N) is 1. The molecule has 1 unspecified atom stereocenters. The predicted molar refractivity (Wildman–Crippen MR) is 147 cm³/mol. The minimum absolute atomic E-state index is 0.244. The van der Waals surface area contributed by atoms with Gasteiger partial charge >= 0.3 is 0 Å². The highest BCUT2D eigenvalue weighted by molar-refractivity contribution is 5.45. The number of anilines is 1. The topological polar surface area (TPSA) is 61.7 Å². The predicted octanol–water partition coefficient (Wildman–Crippen LogP) is 8.61. The van der Waals surface area contributed by atoms with Gasteiger partial charge in [0, 0.05) is 18.8 Å². The average Bonchev–Trinajstić information content (AvgIpc) is 2.84. The number of rotatable bonds is 25. The fraction of sp³-hybridized carbons (Fsp3) is 0.800. The number of aromatic hydroxyl groups is 1. The Labute approximate surface area is 210 Å². The summed E-state index contributed by atoms with van der Waals surface area (Å²) in [5, 5.41) is 22.4. The molecular weight excluding hydrogens is 422 g/mol.